The van der Waals surface area contributed by atoms with E-state index >= 15 is 0 Å². The molecular weight excluding hydrogens is 177 g/mol. The predicted octanol–water partition coefficient (Wildman–Crippen LogP) is -1.50. The number of aliphatic hydroxyl groups is 3. The lowest BCUT2D eigenvalue weighted by atomic mass is 10.0. The van der Waals surface area contributed by atoms with E-state index in [0.717, 1.165) is 0 Å². The molecule has 0 saturated carbocycles. The zero-order valence-corrected chi connectivity index (χ0v) is 7.17. The Balaban J connectivity index is 2.19. The SMILES string of the molecule is OC[C@H]1[C@H](F)[C@@H](O)[C@@H]2[C@@H](O)CCN21. The van der Waals surface area contributed by atoms with Crippen molar-refractivity contribution in [2.75, 3.05) is 13.2 Å². The van der Waals surface area contributed by atoms with Gasteiger partial charge in [-0.25, -0.2) is 4.39 Å². The van der Waals surface area contributed by atoms with Gasteiger partial charge >= 0.3 is 0 Å². The Bertz CT molecular complexity index is 204. The smallest absolute Gasteiger partial charge is 0.145 e. The van der Waals surface area contributed by atoms with Crippen LogP contribution in [0.25, 0.3) is 0 Å². The maximum Gasteiger partial charge on any atom is 0.145 e. The Labute approximate surface area is 75.6 Å². The Morgan fingerprint density at radius 3 is 2.69 bits per heavy atom. The van der Waals surface area contributed by atoms with E-state index in [4.69, 9.17) is 5.11 Å². The Hall–Kier alpha value is -0.230. The van der Waals surface area contributed by atoms with Gasteiger partial charge in [0, 0.05) is 6.54 Å². The highest BCUT2D eigenvalue weighted by Crippen LogP contribution is 2.34. The van der Waals surface area contributed by atoms with Gasteiger partial charge in [0.25, 0.3) is 0 Å². The minimum atomic E-state index is -1.44. The molecule has 0 aromatic heterocycles. The second-order valence-corrected chi connectivity index (χ2v) is 3.77. The Kier molecular flexibility index (Phi) is 2.27. The fourth-order valence-corrected chi connectivity index (χ4v) is 2.44. The van der Waals surface area contributed by atoms with Gasteiger partial charge in [-0.15, -0.1) is 0 Å². The first-order valence-electron chi connectivity index (χ1n) is 4.53. The minimum absolute atomic E-state index is 0.304. The van der Waals surface area contributed by atoms with Gasteiger partial charge in [0.2, 0.25) is 0 Å². The van der Waals surface area contributed by atoms with Crippen LogP contribution in [-0.4, -0.2) is 63.8 Å². The van der Waals surface area contributed by atoms with Gasteiger partial charge < -0.3 is 15.3 Å². The van der Waals surface area contributed by atoms with Crippen molar-refractivity contribution in [3.05, 3.63) is 0 Å². The van der Waals surface area contributed by atoms with E-state index < -0.39 is 30.5 Å². The molecule has 0 amide bonds. The average molecular weight is 191 g/mol. The molecule has 2 rings (SSSR count). The van der Waals surface area contributed by atoms with E-state index in [1.807, 2.05) is 0 Å². The summed E-state index contributed by atoms with van der Waals surface area (Å²) in [6.45, 7) is 0.246. The van der Waals surface area contributed by atoms with Crippen LogP contribution in [0.15, 0.2) is 0 Å². The normalized spacial score (nSPS) is 51.2. The van der Waals surface area contributed by atoms with Crippen LogP contribution in [0.1, 0.15) is 6.42 Å². The van der Waals surface area contributed by atoms with Crippen molar-refractivity contribution in [3.8, 4) is 0 Å². The number of hydrogen-bond donors (Lipinski definition) is 3. The van der Waals surface area contributed by atoms with Gasteiger partial charge in [0.05, 0.1) is 24.8 Å². The van der Waals surface area contributed by atoms with Crippen LogP contribution in [-0.2, 0) is 0 Å². The molecule has 5 heteroatoms. The van der Waals surface area contributed by atoms with Crippen LogP contribution in [0.3, 0.4) is 0 Å². The first kappa shape index (κ1) is 9.33. The van der Waals surface area contributed by atoms with Gasteiger partial charge in [0.1, 0.15) is 12.3 Å². The zero-order chi connectivity index (χ0) is 9.59. The van der Waals surface area contributed by atoms with Crippen LogP contribution < -0.4 is 0 Å². The quantitative estimate of drug-likeness (QED) is 0.472. The molecule has 0 radical (unpaired) electrons. The number of nitrogens with zero attached hydrogens (tertiary/aromatic N) is 1. The largest absolute Gasteiger partial charge is 0.395 e. The number of fused-ring (bicyclic) bond motifs is 1. The topological polar surface area (TPSA) is 63.9 Å². The van der Waals surface area contributed by atoms with E-state index in [1.165, 1.54) is 0 Å². The highest BCUT2D eigenvalue weighted by atomic mass is 19.1. The zero-order valence-electron chi connectivity index (χ0n) is 7.17. The van der Waals surface area contributed by atoms with Crippen molar-refractivity contribution in [2.24, 2.45) is 0 Å². The fourth-order valence-electron chi connectivity index (χ4n) is 2.44. The molecular formula is C8H14FNO3. The third kappa shape index (κ3) is 1.19. The van der Waals surface area contributed by atoms with Crippen molar-refractivity contribution < 1.29 is 19.7 Å². The van der Waals surface area contributed by atoms with E-state index in [0.29, 0.717) is 13.0 Å². The molecule has 0 aromatic carbocycles. The highest BCUT2D eigenvalue weighted by Gasteiger charge is 2.53. The summed E-state index contributed by atoms with van der Waals surface area (Å²) in [5, 5.41) is 27.8. The Morgan fingerprint density at radius 2 is 2.08 bits per heavy atom. The van der Waals surface area contributed by atoms with E-state index in [1.54, 1.807) is 4.90 Å². The summed E-state index contributed by atoms with van der Waals surface area (Å²) < 4.78 is 13.3. The monoisotopic (exact) mass is 191 g/mol. The van der Waals surface area contributed by atoms with Crippen molar-refractivity contribution >= 4 is 0 Å². The minimum Gasteiger partial charge on any atom is -0.395 e. The van der Waals surface area contributed by atoms with Crippen molar-refractivity contribution in [1.29, 1.82) is 0 Å². The van der Waals surface area contributed by atoms with Gasteiger partial charge in [-0.2, -0.15) is 0 Å². The first-order chi connectivity index (χ1) is 6.16. The third-order valence-corrected chi connectivity index (χ3v) is 3.12. The average Bonchev–Trinajstić information content (AvgIpc) is 2.57. The summed E-state index contributed by atoms with van der Waals surface area (Å²) >= 11 is 0. The number of hydrogen-bond acceptors (Lipinski definition) is 4. The van der Waals surface area contributed by atoms with E-state index in [2.05, 4.69) is 0 Å². The molecule has 2 fully saturated rings. The van der Waals surface area contributed by atoms with Crippen LogP contribution in [0.2, 0.25) is 0 Å². The molecule has 2 saturated heterocycles. The molecule has 2 aliphatic heterocycles. The standard InChI is InChI=1S/C8H14FNO3/c9-6-4(3-11)10-2-1-5(12)7(10)8(6)13/h4-8,11-13H,1-3H2/t4-,5-,6-,7-,8+/m0/s1. The van der Waals surface area contributed by atoms with E-state index in [-0.39, 0.29) is 6.61 Å². The maximum atomic E-state index is 13.3. The maximum absolute atomic E-state index is 13.3. The number of halogens is 1. The van der Waals surface area contributed by atoms with Crippen LogP contribution in [0.4, 0.5) is 4.39 Å². The lowest BCUT2D eigenvalue weighted by molar-refractivity contribution is 0.0337. The summed E-state index contributed by atoms with van der Waals surface area (Å²) in [7, 11) is 0. The highest BCUT2D eigenvalue weighted by molar-refractivity contribution is 5.07. The summed E-state index contributed by atoms with van der Waals surface area (Å²) in [5.41, 5.74) is 0. The second kappa shape index (κ2) is 3.16. The van der Waals surface area contributed by atoms with Crippen LogP contribution in [0.5, 0.6) is 0 Å². The number of rotatable bonds is 1. The summed E-state index contributed by atoms with van der Waals surface area (Å²) in [5.74, 6) is 0. The lowest BCUT2D eigenvalue weighted by Gasteiger charge is -2.22. The molecule has 5 atom stereocenters. The molecule has 3 N–H and O–H groups in total. The van der Waals surface area contributed by atoms with Crippen molar-refractivity contribution in [3.63, 3.8) is 0 Å². The molecule has 4 nitrogen and oxygen atoms in total. The summed E-state index contributed by atoms with van der Waals surface area (Å²) in [6.07, 6.45) is -2.71. The Morgan fingerprint density at radius 1 is 1.38 bits per heavy atom. The van der Waals surface area contributed by atoms with E-state index in [9.17, 15) is 14.6 Å². The predicted molar refractivity (Wildman–Crippen MR) is 42.9 cm³/mol. The third-order valence-electron chi connectivity index (χ3n) is 3.12. The lowest BCUT2D eigenvalue weighted by Crippen LogP contribution is -2.39. The molecule has 0 bridgehead atoms. The number of aliphatic hydroxyl groups excluding tert-OH is 3. The molecule has 0 aromatic rings. The van der Waals surface area contributed by atoms with Gasteiger partial charge in [0.15, 0.2) is 0 Å². The molecule has 2 aliphatic rings. The number of alkyl halides is 1. The molecule has 0 unspecified atom stereocenters. The first-order valence-corrected chi connectivity index (χ1v) is 4.53. The second-order valence-electron chi connectivity index (χ2n) is 3.77. The van der Waals surface area contributed by atoms with Gasteiger partial charge in [-0.05, 0) is 6.42 Å². The molecule has 76 valence electrons. The van der Waals surface area contributed by atoms with Crippen LogP contribution >= 0.6 is 0 Å². The molecule has 13 heavy (non-hydrogen) atoms. The molecule has 0 spiro atoms. The van der Waals surface area contributed by atoms with Crippen LogP contribution in [0, 0.1) is 0 Å². The summed E-state index contributed by atoms with van der Waals surface area (Å²) in [6, 6.07) is -1.16. The van der Waals surface area contributed by atoms with Gasteiger partial charge in [-0.3, -0.25) is 4.90 Å². The summed E-state index contributed by atoms with van der Waals surface area (Å²) in [4.78, 5) is 1.67. The van der Waals surface area contributed by atoms with Gasteiger partial charge in [-0.1, -0.05) is 0 Å². The fraction of sp³-hybridized carbons (Fsp3) is 1.00. The molecule has 0 aliphatic carbocycles. The van der Waals surface area contributed by atoms with Crippen molar-refractivity contribution in [1.82, 2.24) is 4.90 Å². The molecule has 2 heterocycles. The van der Waals surface area contributed by atoms with Crippen molar-refractivity contribution in [2.45, 2.75) is 36.9 Å².